The molecule has 0 saturated heterocycles. The number of pyridine rings is 1. The Morgan fingerprint density at radius 2 is 1.96 bits per heavy atom. The summed E-state index contributed by atoms with van der Waals surface area (Å²) in [7, 11) is 0. The number of nitrogens with zero attached hydrogens (tertiary/aromatic N) is 4. The van der Waals surface area contributed by atoms with Crippen molar-refractivity contribution >= 4 is 22.5 Å². The molecule has 0 aliphatic rings. The van der Waals surface area contributed by atoms with E-state index in [-0.39, 0.29) is 5.89 Å². The number of benzene rings is 1. The third-order valence-corrected chi connectivity index (χ3v) is 4.35. The summed E-state index contributed by atoms with van der Waals surface area (Å²) in [4.78, 5) is 21.4. The SMILES string of the molecule is Cc1cc(C)c2nc(-c3cc(C)nn3-c3ncccc3Cl)oc(=O)c2c1. The average molecular weight is 367 g/mol. The van der Waals surface area contributed by atoms with Crippen LogP contribution in [0.15, 0.2) is 45.7 Å². The molecular weight excluding hydrogens is 352 g/mol. The van der Waals surface area contributed by atoms with Crippen molar-refractivity contribution in [2.75, 3.05) is 0 Å². The van der Waals surface area contributed by atoms with Gasteiger partial charge in [-0.2, -0.15) is 5.10 Å². The predicted molar refractivity (Wildman–Crippen MR) is 99.9 cm³/mol. The van der Waals surface area contributed by atoms with Crippen molar-refractivity contribution in [3.8, 4) is 17.4 Å². The van der Waals surface area contributed by atoms with E-state index >= 15 is 0 Å². The van der Waals surface area contributed by atoms with E-state index in [0.717, 1.165) is 16.8 Å². The van der Waals surface area contributed by atoms with Crippen LogP contribution in [0.2, 0.25) is 5.02 Å². The zero-order valence-corrected chi connectivity index (χ0v) is 15.2. The van der Waals surface area contributed by atoms with Crippen molar-refractivity contribution in [1.29, 1.82) is 0 Å². The Labute approximate surface area is 154 Å². The molecule has 3 aromatic heterocycles. The number of hydrogen-bond donors (Lipinski definition) is 0. The second-order valence-electron chi connectivity index (χ2n) is 6.18. The van der Waals surface area contributed by atoms with Crippen LogP contribution in [0.1, 0.15) is 16.8 Å². The molecule has 4 aromatic rings. The molecule has 0 saturated carbocycles. The summed E-state index contributed by atoms with van der Waals surface area (Å²) in [6.45, 7) is 5.69. The van der Waals surface area contributed by atoms with E-state index in [4.69, 9.17) is 16.0 Å². The van der Waals surface area contributed by atoms with E-state index in [2.05, 4.69) is 15.1 Å². The largest absolute Gasteiger partial charge is 0.401 e. The number of fused-ring (bicyclic) bond motifs is 1. The maximum atomic E-state index is 12.5. The van der Waals surface area contributed by atoms with Crippen LogP contribution in [0.3, 0.4) is 0 Å². The fourth-order valence-electron chi connectivity index (χ4n) is 2.99. The summed E-state index contributed by atoms with van der Waals surface area (Å²) in [5.74, 6) is 0.624. The highest BCUT2D eigenvalue weighted by molar-refractivity contribution is 6.32. The molecule has 0 bridgehead atoms. The number of aromatic nitrogens is 4. The van der Waals surface area contributed by atoms with Crippen LogP contribution in [0, 0.1) is 20.8 Å². The Balaban J connectivity index is 2.01. The summed E-state index contributed by atoms with van der Waals surface area (Å²) in [6.07, 6.45) is 1.62. The fraction of sp³-hybridized carbons (Fsp3) is 0.158. The van der Waals surface area contributed by atoms with Crippen molar-refractivity contribution in [3.63, 3.8) is 0 Å². The van der Waals surface area contributed by atoms with Crippen molar-refractivity contribution in [3.05, 3.63) is 68.8 Å². The van der Waals surface area contributed by atoms with E-state index in [1.807, 2.05) is 26.8 Å². The van der Waals surface area contributed by atoms with Crippen LogP contribution in [-0.2, 0) is 0 Å². The monoisotopic (exact) mass is 366 g/mol. The first-order valence-corrected chi connectivity index (χ1v) is 8.42. The van der Waals surface area contributed by atoms with Gasteiger partial charge in [0.15, 0.2) is 5.82 Å². The normalized spacial score (nSPS) is 11.2. The van der Waals surface area contributed by atoms with Gasteiger partial charge in [-0.25, -0.2) is 19.4 Å². The Morgan fingerprint density at radius 1 is 1.15 bits per heavy atom. The van der Waals surface area contributed by atoms with Gasteiger partial charge in [0, 0.05) is 6.20 Å². The lowest BCUT2D eigenvalue weighted by Crippen LogP contribution is -2.08. The van der Waals surface area contributed by atoms with Crippen LogP contribution in [-0.4, -0.2) is 19.7 Å². The maximum absolute atomic E-state index is 12.5. The van der Waals surface area contributed by atoms with E-state index in [1.54, 1.807) is 30.5 Å². The minimum Gasteiger partial charge on any atom is -0.401 e. The van der Waals surface area contributed by atoms with Gasteiger partial charge in [0.25, 0.3) is 0 Å². The topological polar surface area (TPSA) is 73.8 Å². The van der Waals surface area contributed by atoms with E-state index < -0.39 is 5.63 Å². The molecule has 130 valence electrons. The average Bonchev–Trinajstić information content (AvgIpc) is 2.97. The summed E-state index contributed by atoms with van der Waals surface area (Å²) in [5.41, 5.74) is 3.31. The third kappa shape index (κ3) is 2.68. The summed E-state index contributed by atoms with van der Waals surface area (Å²) in [6, 6.07) is 9.01. The highest BCUT2D eigenvalue weighted by atomic mass is 35.5. The van der Waals surface area contributed by atoms with Crippen LogP contribution >= 0.6 is 11.6 Å². The van der Waals surface area contributed by atoms with Crippen LogP contribution in [0.5, 0.6) is 0 Å². The molecule has 0 radical (unpaired) electrons. The highest BCUT2D eigenvalue weighted by Crippen LogP contribution is 2.26. The summed E-state index contributed by atoms with van der Waals surface area (Å²) < 4.78 is 7.04. The Hall–Kier alpha value is -2.99. The van der Waals surface area contributed by atoms with Gasteiger partial charge < -0.3 is 4.42 Å². The van der Waals surface area contributed by atoms with E-state index in [0.29, 0.717) is 27.4 Å². The standard InChI is InChI=1S/C19H15ClN4O2/c1-10-7-11(2)16-13(8-10)19(25)26-18(22-16)15-9-12(3)23-24(15)17-14(20)5-4-6-21-17/h4-9H,1-3H3. The van der Waals surface area contributed by atoms with E-state index in [1.165, 1.54) is 4.68 Å². The Morgan fingerprint density at radius 3 is 2.73 bits per heavy atom. The summed E-state index contributed by atoms with van der Waals surface area (Å²) in [5, 5.41) is 5.33. The van der Waals surface area contributed by atoms with Gasteiger partial charge in [-0.3, -0.25) is 0 Å². The molecule has 0 aliphatic heterocycles. The molecule has 0 N–H and O–H groups in total. The molecule has 0 amide bonds. The second-order valence-corrected chi connectivity index (χ2v) is 6.58. The van der Waals surface area contributed by atoms with Gasteiger partial charge >= 0.3 is 5.63 Å². The van der Waals surface area contributed by atoms with Crippen molar-refractivity contribution in [2.24, 2.45) is 0 Å². The molecule has 0 unspecified atom stereocenters. The lowest BCUT2D eigenvalue weighted by atomic mass is 10.1. The molecule has 7 heteroatoms. The molecule has 0 spiro atoms. The van der Waals surface area contributed by atoms with Gasteiger partial charge in [0.05, 0.1) is 21.6 Å². The van der Waals surface area contributed by atoms with E-state index in [9.17, 15) is 4.79 Å². The number of halogens is 1. The van der Waals surface area contributed by atoms with Gasteiger partial charge in [0.2, 0.25) is 5.89 Å². The van der Waals surface area contributed by atoms with Gasteiger partial charge in [0.1, 0.15) is 5.69 Å². The molecule has 3 heterocycles. The second kappa shape index (κ2) is 6.07. The lowest BCUT2D eigenvalue weighted by Gasteiger charge is -2.08. The lowest BCUT2D eigenvalue weighted by molar-refractivity contribution is 0.513. The maximum Gasteiger partial charge on any atom is 0.347 e. The minimum atomic E-state index is -0.436. The van der Waals surface area contributed by atoms with Gasteiger partial charge in [-0.15, -0.1) is 0 Å². The number of rotatable bonds is 2. The zero-order valence-electron chi connectivity index (χ0n) is 14.4. The third-order valence-electron chi connectivity index (χ3n) is 4.06. The Bertz CT molecular complexity index is 1210. The van der Waals surface area contributed by atoms with Crippen LogP contribution in [0.4, 0.5) is 0 Å². The first kappa shape index (κ1) is 16.5. The molecular formula is C19H15ClN4O2. The minimum absolute atomic E-state index is 0.178. The molecule has 6 nitrogen and oxygen atoms in total. The van der Waals surface area contributed by atoms with Crippen molar-refractivity contribution in [1.82, 2.24) is 19.7 Å². The van der Waals surface area contributed by atoms with Crippen molar-refractivity contribution < 1.29 is 4.42 Å². The van der Waals surface area contributed by atoms with Gasteiger partial charge in [-0.1, -0.05) is 17.7 Å². The number of hydrogen-bond acceptors (Lipinski definition) is 5. The molecule has 0 fully saturated rings. The predicted octanol–water partition coefficient (Wildman–Crippen LogP) is 4.01. The zero-order chi connectivity index (χ0) is 18.4. The molecule has 4 rings (SSSR count). The van der Waals surface area contributed by atoms with Gasteiger partial charge in [-0.05, 0) is 56.2 Å². The molecule has 26 heavy (non-hydrogen) atoms. The summed E-state index contributed by atoms with van der Waals surface area (Å²) >= 11 is 6.26. The first-order chi connectivity index (χ1) is 12.4. The number of aryl methyl sites for hydroxylation is 3. The smallest absolute Gasteiger partial charge is 0.347 e. The highest BCUT2D eigenvalue weighted by Gasteiger charge is 2.18. The molecule has 0 aliphatic carbocycles. The quantitative estimate of drug-likeness (QED) is 0.535. The molecule has 0 atom stereocenters. The van der Waals surface area contributed by atoms with Crippen molar-refractivity contribution in [2.45, 2.75) is 20.8 Å². The first-order valence-electron chi connectivity index (χ1n) is 8.04. The van der Waals surface area contributed by atoms with Crippen LogP contribution in [0.25, 0.3) is 28.3 Å². The molecule has 1 aromatic carbocycles. The fourth-order valence-corrected chi connectivity index (χ4v) is 3.19. The Kier molecular flexibility index (Phi) is 3.85. The van der Waals surface area contributed by atoms with Crippen LogP contribution < -0.4 is 5.63 Å².